The van der Waals surface area contributed by atoms with Crippen LogP contribution in [-0.4, -0.2) is 24.1 Å². The Kier molecular flexibility index (Phi) is 4.59. The number of carbonyl (C=O) groups excluding carboxylic acids is 1. The summed E-state index contributed by atoms with van der Waals surface area (Å²) in [5, 5.41) is 5.04. The Morgan fingerprint density at radius 1 is 1.11 bits per heavy atom. The molecule has 4 aromatic rings. The molecule has 0 radical (unpaired) electrons. The van der Waals surface area contributed by atoms with Crippen molar-refractivity contribution in [1.29, 1.82) is 0 Å². The zero-order chi connectivity index (χ0) is 18.8. The zero-order valence-corrected chi connectivity index (χ0v) is 15.5. The van der Waals surface area contributed by atoms with Crippen LogP contribution in [0.15, 0.2) is 59.0 Å². The Morgan fingerprint density at radius 2 is 1.93 bits per heavy atom. The SMILES string of the molecule is COc1cccc2cc(C(=O)NCCCn3c(C)cc4ccccc43)oc12. The van der Waals surface area contributed by atoms with E-state index in [9.17, 15) is 4.79 Å². The van der Waals surface area contributed by atoms with Gasteiger partial charge in [0.25, 0.3) is 5.91 Å². The summed E-state index contributed by atoms with van der Waals surface area (Å²) in [5.74, 6) is 0.723. The molecule has 5 heteroatoms. The first-order valence-corrected chi connectivity index (χ1v) is 9.07. The van der Waals surface area contributed by atoms with Gasteiger partial charge in [0, 0.05) is 29.7 Å². The molecule has 1 N–H and O–H groups in total. The Hall–Kier alpha value is -3.21. The van der Waals surface area contributed by atoms with E-state index in [1.165, 1.54) is 16.6 Å². The smallest absolute Gasteiger partial charge is 0.287 e. The monoisotopic (exact) mass is 362 g/mol. The number of aromatic nitrogens is 1. The fourth-order valence-corrected chi connectivity index (χ4v) is 3.48. The van der Waals surface area contributed by atoms with Gasteiger partial charge in [-0.15, -0.1) is 0 Å². The molecule has 1 amide bonds. The van der Waals surface area contributed by atoms with Crippen LogP contribution in [0.25, 0.3) is 21.9 Å². The molecule has 5 nitrogen and oxygen atoms in total. The molecule has 0 saturated carbocycles. The zero-order valence-electron chi connectivity index (χ0n) is 15.5. The minimum absolute atomic E-state index is 0.206. The second-order valence-corrected chi connectivity index (χ2v) is 6.59. The molecule has 0 aliphatic heterocycles. The van der Waals surface area contributed by atoms with Gasteiger partial charge in [0.2, 0.25) is 0 Å². The van der Waals surface area contributed by atoms with Crippen LogP contribution in [-0.2, 0) is 6.54 Å². The van der Waals surface area contributed by atoms with Crippen molar-refractivity contribution in [2.75, 3.05) is 13.7 Å². The number of hydrogen-bond donors (Lipinski definition) is 1. The number of ether oxygens (including phenoxy) is 1. The van der Waals surface area contributed by atoms with Crippen LogP contribution >= 0.6 is 0 Å². The molecule has 0 atom stereocenters. The first kappa shape index (κ1) is 17.2. The molecule has 0 aliphatic rings. The largest absolute Gasteiger partial charge is 0.493 e. The molecule has 4 rings (SSSR count). The second kappa shape index (κ2) is 7.19. The minimum atomic E-state index is -0.206. The van der Waals surface area contributed by atoms with Crippen LogP contribution in [0.5, 0.6) is 5.75 Å². The normalized spacial score (nSPS) is 11.2. The van der Waals surface area contributed by atoms with Crippen molar-refractivity contribution in [3.8, 4) is 5.75 Å². The van der Waals surface area contributed by atoms with E-state index in [1.54, 1.807) is 13.2 Å². The number of nitrogens with one attached hydrogen (secondary N) is 1. The first-order chi connectivity index (χ1) is 13.2. The second-order valence-electron chi connectivity index (χ2n) is 6.59. The summed E-state index contributed by atoms with van der Waals surface area (Å²) in [4.78, 5) is 12.4. The standard InChI is InChI=1S/C22H22N2O3/c1-15-13-16-7-3-4-9-18(16)24(15)12-6-11-23-22(25)20-14-17-8-5-10-19(26-2)21(17)27-20/h3-5,7-10,13-14H,6,11-12H2,1-2H3,(H,23,25). The van der Waals surface area contributed by atoms with E-state index in [4.69, 9.17) is 9.15 Å². The van der Waals surface area contributed by atoms with Crippen molar-refractivity contribution in [1.82, 2.24) is 9.88 Å². The summed E-state index contributed by atoms with van der Waals surface area (Å²) in [6, 6.07) is 17.9. The van der Waals surface area contributed by atoms with Crippen LogP contribution < -0.4 is 10.1 Å². The highest BCUT2D eigenvalue weighted by molar-refractivity contribution is 5.97. The fraction of sp³-hybridized carbons (Fsp3) is 0.227. The number of rotatable bonds is 6. The lowest BCUT2D eigenvalue weighted by atomic mass is 10.2. The van der Waals surface area contributed by atoms with Gasteiger partial charge in [-0.1, -0.05) is 30.3 Å². The van der Waals surface area contributed by atoms with Crippen LogP contribution in [0.4, 0.5) is 0 Å². The van der Waals surface area contributed by atoms with Gasteiger partial charge in [0.1, 0.15) is 0 Å². The topological polar surface area (TPSA) is 56.4 Å². The molecule has 0 aliphatic carbocycles. The Bertz CT molecular complexity index is 1110. The highest BCUT2D eigenvalue weighted by Gasteiger charge is 2.14. The number of hydrogen-bond acceptors (Lipinski definition) is 3. The van der Waals surface area contributed by atoms with Crippen LogP contribution in [0.1, 0.15) is 22.7 Å². The summed E-state index contributed by atoms with van der Waals surface area (Å²) in [6.45, 7) is 3.55. The van der Waals surface area contributed by atoms with Gasteiger partial charge in [0.05, 0.1) is 7.11 Å². The maximum absolute atomic E-state index is 12.4. The minimum Gasteiger partial charge on any atom is -0.493 e. The lowest BCUT2D eigenvalue weighted by Crippen LogP contribution is -2.24. The summed E-state index contributed by atoms with van der Waals surface area (Å²) < 4.78 is 13.3. The molecule has 0 unspecified atom stereocenters. The van der Waals surface area contributed by atoms with Gasteiger partial charge >= 0.3 is 0 Å². The molecular weight excluding hydrogens is 340 g/mol. The lowest BCUT2D eigenvalue weighted by molar-refractivity contribution is 0.0927. The number of fused-ring (bicyclic) bond motifs is 2. The number of carbonyl (C=O) groups is 1. The van der Waals surface area contributed by atoms with Crippen LogP contribution in [0.2, 0.25) is 0 Å². The highest BCUT2D eigenvalue weighted by atomic mass is 16.5. The van der Waals surface area contributed by atoms with E-state index >= 15 is 0 Å². The number of para-hydroxylation sites is 2. The lowest BCUT2D eigenvalue weighted by Gasteiger charge is -2.09. The molecule has 0 bridgehead atoms. The van der Waals surface area contributed by atoms with E-state index in [2.05, 4.69) is 47.1 Å². The Labute approximate surface area is 157 Å². The third-order valence-corrected chi connectivity index (χ3v) is 4.81. The maximum atomic E-state index is 12.4. The van der Waals surface area contributed by atoms with Gasteiger partial charge in [-0.2, -0.15) is 0 Å². The average Bonchev–Trinajstić information content (AvgIpc) is 3.25. The molecule has 0 spiro atoms. The van der Waals surface area contributed by atoms with Crippen molar-refractivity contribution in [2.45, 2.75) is 19.9 Å². The Morgan fingerprint density at radius 3 is 2.78 bits per heavy atom. The van der Waals surface area contributed by atoms with E-state index in [1.807, 2.05) is 18.2 Å². The van der Waals surface area contributed by atoms with Crippen molar-refractivity contribution in [3.05, 3.63) is 66.1 Å². The number of methoxy groups -OCH3 is 1. The predicted octanol–water partition coefficient (Wildman–Crippen LogP) is 4.52. The molecule has 0 saturated heterocycles. The van der Waals surface area contributed by atoms with Gasteiger partial charge < -0.3 is 19.0 Å². The fourth-order valence-electron chi connectivity index (χ4n) is 3.48. The molecule has 138 valence electrons. The van der Waals surface area contributed by atoms with Crippen molar-refractivity contribution >= 4 is 27.8 Å². The molecule has 2 heterocycles. The van der Waals surface area contributed by atoms with Gasteiger partial charge in [0.15, 0.2) is 17.1 Å². The average molecular weight is 362 g/mol. The quantitative estimate of drug-likeness (QED) is 0.513. The molecule has 0 fully saturated rings. The van der Waals surface area contributed by atoms with E-state index in [0.29, 0.717) is 23.6 Å². The highest BCUT2D eigenvalue weighted by Crippen LogP contribution is 2.28. The number of aryl methyl sites for hydroxylation is 2. The third kappa shape index (κ3) is 3.28. The first-order valence-electron chi connectivity index (χ1n) is 9.07. The summed E-state index contributed by atoms with van der Waals surface area (Å²) >= 11 is 0. The van der Waals surface area contributed by atoms with Gasteiger partial charge in [-0.3, -0.25) is 4.79 Å². The van der Waals surface area contributed by atoms with Crippen LogP contribution in [0, 0.1) is 6.92 Å². The maximum Gasteiger partial charge on any atom is 0.287 e. The number of benzene rings is 2. The van der Waals surface area contributed by atoms with Gasteiger partial charge in [-0.05, 0) is 43.0 Å². The Balaban J connectivity index is 1.39. The number of furan rings is 1. The molecule has 2 aromatic heterocycles. The summed E-state index contributed by atoms with van der Waals surface area (Å²) in [7, 11) is 1.59. The van der Waals surface area contributed by atoms with Crippen molar-refractivity contribution in [2.24, 2.45) is 0 Å². The molecule has 2 aromatic carbocycles. The number of amides is 1. The van der Waals surface area contributed by atoms with E-state index in [0.717, 1.165) is 18.4 Å². The van der Waals surface area contributed by atoms with Crippen LogP contribution in [0.3, 0.4) is 0 Å². The van der Waals surface area contributed by atoms with Crippen molar-refractivity contribution < 1.29 is 13.9 Å². The van der Waals surface area contributed by atoms with Gasteiger partial charge in [-0.25, -0.2) is 0 Å². The van der Waals surface area contributed by atoms with E-state index in [-0.39, 0.29) is 5.91 Å². The summed E-state index contributed by atoms with van der Waals surface area (Å²) in [5.41, 5.74) is 3.05. The van der Waals surface area contributed by atoms with Crippen molar-refractivity contribution in [3.63, 3.8) is 0 Å². The third-order valence-electron chi connectivity index (χ3n) is 4.81. The predicted molar refractivity (Wildman–Crippen MR) is 106 cm³/mol. The molecular formula is C22H22N2O3. The summed E-state index contributed by atoms with van der Waals surface area (Å²) in [6.07, 6.45) is 0.842. The molecule has 27 heavy (non-hydrogen) atoms. The van der Waals surface area contributed by atoms with E-state index < -0.39 is 0 Å². The number of nitrogens with zero attached hydrogens (tertiary/aromatic N) is 1.